The smallest absolute Gasteiger partial charge is 0.413 e. The Hall–Kier alpha value is -4.96. The summed E-state index contributed by atoms with van der Waals surface area (Å²) in [6.45, 7) is 0.252. The quantitative estimate of drug-likeness (QED) is 0.174. The average Bonchev–Trinajstić information content (AvgIpc) is 3.38. The molecule has 5 N–H and O–H groups in total. The van der Waals surface area contributed by atoms with Crippen molar-refractivity contribution in [3.63, 3.8) is 0 Å². The number of carbonyl (C=O) groups is 5. The maximum Gasteiger partial charge on any atom is 0.413 e. The maximum absolute atomic E-state index is 13.0. The fourth-order valence-electron chi connectivity index (χ4n) is 4.82. The predicted molar refractivity (Wildman–Crippen MR) is 148 cm³/mol. The molecule has 0 saturated carbocycles. The number of nitrogens with one attached hydrogen (secondary N) is 2. The van der Waals surface area contributed by atoms with Crippen LogP contribution in [0.1, 0.15) is 19.3 Å². The Morgan fingerprint density at radius 1 is 1.14 bits per heavy atom. The number of amides is 3. The van der Waals surface area contributed by atoms with E-state index in [1.807, 2.05) is 10.6 Å². The van der Waals surface area contributed by atoms with Crippen LogP contribution in [0.3, 0.4) is 0 Å². The van der Waals surface area contributed by atoms with E-state index < -0.39 is 47.3 Å². The van der Waals surface area contributed by atoms with E-state index in [0.29, 0.717) is 11.3 Å². The lowest BCUT2D eigenvalue weighted by Crippen LogP contribution is -2.70. The summed E-state index contributed by atoms with van der Waals surface area (Å²) >= 11 is 1.36. The van der Waals surface area contributed by atoms with E-state index in [4.69, 9.17) is 4.74 Å². The van der Waals surface area contributed by atoms with Gasteiger partial charge in [0.1, 0.15) is 41.6 Å². The standard InChI is InChI=1S/C27H26N6O8S.H2O/c34-19(9-4-8-18(25(36)37)29-27(40)41-17-6-2-1-3-7-17)30-21-23(35)33-22(26(38)39)16(15-42-24(21)33)14-31-12-13-32-20(31)10-5-11-28-32;/h1-3,5-7,10-13,18,21,24H,4,8-9,14-15H2,(H3-,29,30,34,36,37,38,39,40);1H2/t18-,21-,24-;/m1./s1. The number of β-lactam (4-membered cyclic amide) rings is 1. The molecular weight excluding hydrogens is 584 g/mol. The van der Waals surface area contributed by atoms with E-state index in [9.17, 15) is 34.2 Å². The van der Waals surface area contributed by atoms with Gasteiger partial charge in [-0.25, -0.2) is 19.0 Å². The summed E-state index contributed by atoms with van der Waals surface area (Å²) in [7, 11) is 0. The van der Waals surface area contributed by atoms with E-state index in [1.54, 1.807) is 59.5 Å². The molecule has 16 heteroatoms. The van der Waals surface area contributed by atoms with Crippen molar-refractivity contribution in [2.75, 3.05) is 5.75 Å². The zero-order valence-corrected chi connectivity index (χ0v) is 23.3. The van der Waals surface area contributed by atoms with Crippen molar-refractivity contribution in [2.45, 2.75) is 43.3 Å². The number of carbonyl (C=O) groups excluding carboxylic acids is 3. The molecule has 3 atom stereocenters. The van der Waals surface area contributed by atoms with Crippen molar-refractivity contribution in [1.29, 1.82) is 0 Å². The zero-order valence-electron chi connectivity index (χ0n) is 22.5. The number of benzene rings is 1. The highest BCUT2D eigenvalue weighted by Crippen LogP contribution is 2.40. The number of carboxylic acids is 2. The van der Waals surface area contributed by atoms with E-state index in [-0.39, 0.29) is 42.7 Å². The molecule has 5 rings (SSSR count). The third-order valence-corrected chi connectivity index (χ3v) is 8.15. The van der Waals surface area contributed by atoms with Crippen LogP contribution in [-0.2, 0) is 25.7 Å². The van der Waals surface area contributed by atoms with Gasteiger partial charge in [-0.05, 0) is 31.0 Å². The predicted octanol–water partition coefficient (Wildman–Crippen LogP) is 0.596. The van der Waals surface area contributed by atoms with Crippen LogP contribution in [0.2, 0.25) is 0 Å². The molecule has 3 amide bonds. The minimum absolute atomic E-state index is 0. The maximum atomic E-state index is 13.0. The molecule has 3 aromatic rings. The fraction of sp³-hybridized carbons (Fsp3) is 0.296. The molecule has 1 saturated heterocycles. The van der Waals surface area contributed by atoms with E-state index in [2.05, 4.69) is 15.7 Å². The van der Waals surface area contributed by atoms with E-state index >= 15 is 0 Å². The minimum atomic E-state index is -1.28. The van der Waals surface area contributed by atoms with Gasteiger partial charge in [-0.3, -0.25) is 14.5 Å². The van der Waals surface area contributed by atoms with Gasteiger partial charge in [0.15, 0.2) is 6.20 Å². The van der Waals surface area contributed by atoms with Crippen molar-refractivity contribution in [3.8, 4) is 5.75 Å². The summed E-state index contributed by atoms with van der Waals surface area (Å²) in [4.78, 5) is 62.7. The molecule has 2 aromatic heterocycles. The minimum Gasteiger partial charge on any atom is -0.870 e. The lowest BCUT2D eigenvalue weighted by Gasteiger charge is -2.49. The number of fused-ring (bicyclic) bond motifs is 2. The normalized spacial score (nSPS) is 18.1. The van der Waals surface area contributed by atoms with E-state index in [0.717, 1.165) is 5.65 Å². The number of thioether (sulfide) groups is 1. The number of hydrogen-bond donors (Lipinski definition) is 4. The lowest BCUT2D eigenvalue weighted by atomic mass is 10.0. The van der Waals surface area contributed by atoms with Gasteiger partial charge in [0.05, 0.1) is 6.20 Å². The molecule has 1 aromatic carbocycles. The van der Waals surface area contributed by atoms with Crippen LogP contribution >= 0.6 is 11.8 Å². The highest BCUT2D eigenvalue weighted by atomic mass is 32.2. The first kappa shape index (κ1) is 31.0. The van der Waals surface area contributed by atoms with Crippen molar-refractivity contribution < 1.29 is 49.0 Å². The molecule has 0 radical (unpaired) electrons. The van der Waals surface area contributed by atoms with Gasteiger partial charge >= 0.3 is 23.7 Å². The van der Waals surface area contributed by atoms with Gasteiger partial charge in [0, 0.05) is 23.8 Å². The zero-order chi connectivity index (χ0) is 29.8. The number of carboxylic acid groups (broad SMARTS) is 2. The summed E-state index contributed by atoms with van der Waals surface area (Å²) in [6, 6.07) is 9.58. The van der Waals surface area contributed by atoms with E-state index in [1.165, 1.54) is 16.7 Å². The van der Waals surface area contributed by atoms with Gasteiger partial charge in [0.25, 0.3) is 5.91 Å². The summed E-state index contributed by atoms with van der Waals surface area (Å²) in [6.07, 6.45) is 4.20. The van der Waals surface area contributed by atoms with Crippen molar-refractivity contribution in [1.82, 2.24) is 25.1 Å². The molecule has 226 valence electrons. The Labute approximate surface area is 248 Å². The second-order valence-electron chi connectivity index (χ2n) is 9.59. The molecule has 0 aliphatic carbocycles. The Balaban J connectivity index is 0.00000423. The van der Waals surface area contributed by atoms with Crippen LogP contribution in [-0.4, -0.2) is 83.3 Å². The lowest BCUT2D eigenvalue weighted by molar-refractivity contribution is -0.662. The van der Waals surface area contributed by atoms with Crippen LogP contribution in [0.15, 0.2) is 72.3 Å². The van der Waals surface area contributed by atoms with Gasteiger partial charge in [-0.1, -0.05) is 23.3 Å². The Morgan fingerprint density at radius 3 is 2.63 bits per heavy atom. The topological polar surface area (TPSA) is 214 Å². The van der Waals surface area contributed by atoms with Crippen LogP contribution in [0.5, 0.6) is 5.75 Å². The molecule has 15 nitrogen and oxygen atoms in total. The number of hydrogen-bond acceptors (Lipinski definition) is 9. The molecule has 43 heavy (non-hydrogen) atoms. The first-order valence-electron chi connectivity index (χ1n) is 13.0. The number of aliphatic carboxylic acids is 2. The average molecular weight is 613 g/mol. The van der Waals surface area contributed by atoms with Crippen LogP contribution in [0.25, 0.3) is 5.65 Å². The third-order valence-electron chi connectivity index (χ3n) is 6.81. The van der Waals surface area contributed by atoms with Gasteiger partial charge in [-0.15, -0.1) is 16.3 Å². The summed E-state index contributed by atoms with van der Waals surface area (Å²) in [5.41, 5.74) is 1.22. The number of nitrogens with zero attached hydrogens (tertiary/aromatic N) is 4. The molecular formula is C27H28N6O9S. The van der Waals surface area contributed by atoms with Crippen molar-refractivity contribution >= 4 is 47.3 Å². The van der Waals surface area contributed by atoms with Crippen LogP contribution in [0.4, 0.5) is 4.79 Å². The highest BCUT2D eigenvalue weighted by Gasteiger charge is 2.54. The Bertz CT molecular complexity index is 1580. The number of rotatable bonds is 11. The first-order chi connectivity index (χ1) is 20.2. The molecule has 0 spiro atoms. The monoisotopic (exact) mass is 612 g/mol. The van der Waals surface area contributed by atoms with Crippen molar-refractivity contribution in [2.24, 2.45) is 0 Å². The molecule has 1 fully saturated rings. The summed E-state index contributed by atoms with van der Waals surface area (Å²) < 4.78 is 8.55. The third kappa shape index (κ3) is 6.76. The molecule has 4 heterocycles. The fourth-order valence-corrected chi connectivity index (χ4v) is 6.15. The molecule has 2 aliphatic heterocycles. The number of ether oxygens (including phenoxy) is 1. The number of imidazole rings is 1. The highest BCUT2D eigenvalue weighted by molar-refractivity contribution is 8.00. The Morgan fingerprint density at radius 2 is 1.91 bits per heavy atom. The largest absolute Gasteiger partial charge is 0.870 e. The molecule has 0 bridgehead atoms. The second-order valence-corrected chi connectivity index (χ2v) is 10.7. The van der Waals surface area contributed by atoms with Gasteiger partial charge in [-0.2, -0.15) is 0 Å². The summed E-state index contributed by atoms with van der Waals surface area (Å²) in [5.74, 6) is -2.93. The SMILES string of the molecule is O=C(CCC[C@@H](NC(=O)Oc1ccccc1)C(=O)O)N[C@@H]1C(=O)N2C(C(=O)O)=C(C[n+]3ccn4ncccc43)CS[C@H]12.[OH-]. The molecule has 2 aliphatic rings. The Kier molecular flexibility index (Phi) is 9.62. The van der Waals surface area contributed by atoms with Gasteiger partial charge < -0.3 is 31.1 Å². The van der Waals surface area contributed by atoms with Crippen LogP contribution < -0.4 is 19.9 Å². The number of para-hydroxylation sites is 1. The van der Waals surface area contributed by atoms with Crippen molar-refractivity contribution in [3.05, 3.63) is 72.3 Å². The number of aromatic nitrogens is 3. The van der Waals surface area contributed by atoms with Crippen LogP contribution in [0, 0.1) is 0 Å². The second kappa shape index (κ2) is 13.3. The first-order valence-corrected chi connectivity index (χ1v) is 14.0. The van der Waals surface area contributed by atoms with Gasteiger partial charge in [0.2, 0.25) is 5.91 Å². The summed E-state index contributed by atoms with van der Waals surface area (Å²) in [5, 5.41) is 27.9. The molecule has 0 unspecified atom stereocenters.